The topological polar surface area (TPSA) is 343 Å². The maximum absolute atomic E-state index is 13.1. The van der Waals surface area contributed by atoms with Crippen LogP contribution in [0.4, 0.5) is 0 Å². The summed E-state index contributed by atoms with van der Waals surface area (Å²) in [5.41, 5.74) is 22.2. The molecule has 82 heavy (non-hydrogen) atoms. The highest BCUT2D eigenvalue weighted by molar-refractivity contribution is 8.00. The van der Waals surface area contributed by atoms with Crippen LogP contribution in [0.1, 0.15) is 97.8 Å². The second-order valence-electron chi connectivity index (χ2n) is 20.0. The number of hydrogen-bond donors (Lipinski definition) is 7. The molecule has 0 aliphatic heterocycles. The average molecular weight is 1200 g/mol. The summed E-state index contributed by atoms with van der Waals surface area (Å²) in [5.74, 6) is 0.714. The van der Waals surface area contributed by atoms with Crippen molar-refractivity contribution in [1.82, 2.24) is 30.7 Å². The zero-order chi connectivity index (χ0) is 60.6. The number of thioether (sulfide) groups is 1. The summed E-state index contributed by atoms with van der Waals surface area (Å²) in [7, 11) is 0. The van der Waals surface area contributed by atoms with Gasteiger partial charge in [0.05, 0.1) is 106 Å². The van der Waals surface area contributed by atoms with E-state index in [9.17, 15) is 33.6 Å². The van der Waals surface area contributed by atoms with Crippen LogP contribution in [0, 0.1) is 0 Å². The van der Waals surface area contributed by atoms with E-state index in [1.165, 1.54) is 0 Å². The van der Waals surface area contributed by atoms with Crippen LogP contribution in [-0.2, 0) is 71.5 Å². The Bertz CT molecular complexity index is 1520. The number of nitrogens with zero attached hydrogens (tertiary/aromatic N) is 3. The maximum Gasteiger partial charge on any atom is 0.222 e. The van der Waals surface area contributed by atoms with Crippen LogP contribution in [0.2, 0.25) is 0 Å². The summed E-state index contributed by atoms with van der Waals surface area (Å²) in [5, 5.41) is 8.83. The summed E-state index contributed by atoms with van der Waals surface area (Å²) in [6.07, 6.45) is 4.14. The number of rotatable bonds is 64. The zero-order valence-corrected chi connectivity index (χ0v) is 51.3. The first-order valence-corrected chi connectivity index (χ1v) is 30.8. The van der Waals surface area contributed by atoms with Gasteiger partial charge in [0.15, 0.2) is 0 Å². The molecule has 0 spiro atoms. The van der Waals surface area contributed by atoms with Crippen molar-refractivity contribution in [3.8, 4) is 0 Å². The van der Waals surface area contributed by atoms with Crippen molar-refractivity contribution in [1.29, 1.82) is 0 Å². The molecule has 0 fully saturated rings. The minimum atomic E-state index is -0.178. The molecule has 0 rings (SSSR count). The number of ketones is 4. The normalized spacial score (nSPS) is 11.7. The molecule has 11 N–H and O–H groups in total. The van der Waals surface area contributed by atoms with Gasteiger partial charge >= 0.3 is 0 Å². The first-order valence-electron chi connectivity index (χ1n) is 29.8. The minimum Gasteiger partial charge on any atom is -0.379 e. The summed E-state index contributed by atoms with van der Waals surface area (Å²) in [4.78, 5) is 92.7. The number of amides is 3. The Morgan fingerprint density at radius 3 is 0.927 bits per heavy atom. The Balaban J connectivity index is 4.55. The molecule has 0 aliphatic rings. The van der Waals surface area contributed by atoms with Gasteiger partial charge < -0.3 is 91.5 Å². The van der Waals surface area contributed by atoms with Crippen molar-refractivity contribution in [3.63, 3.8) is 0 Å². The largest absolute Gasteiger partial charge is 0.379 e. The van der Waals surface area contributed by atoms with E-state index < -0.39 is 0 Å². The van der Waals surface area contributed by atoms with E-state index in [4.69, 9.17) is 60.8 Å². The summed E-state index contributed by atoms with van der Waals surface area (Å²) in [6, 6.07) is 0. The molecule has 25 nitrogen and oxygen atoms in total. The molecule has 0 atom stereocenters. The SMILES string of the molecule is CCC(C)(C)SCCNC(=O)CCOCCOCCOCCOCCOCCOCCOCCOCCN(CCC(=O)NCCN(CCC(=O)CCN)CCC(=O)CCN)CCC(=O)NCCN(CCC(=O)CCN)CCC(=O)CCN. The van der Waals surface area contributed by atoms with Gasteiger partial charge in [0.1, 0.15) is 23.1 Å². The third-order valence-corrected chi connectivity index (χ3v) is 14.2. The molecule has 0 saturated heterocycles. The smallest absolute Gasteiger partial charge is 0.222 e. The third-order valence-electron chi connectivity index (χ3n) is 12.7. The van der Waals surface area contributed by atoms with Gasteiger partial charge in [-0.1, -0.05) is 20.8 Å². The molecule has 0 unspecified atom stereocenters. The van der Waals surface area contributed by atoms with E-state index >= 15 is 0 Å². The van der Waals surface area contributed by atoms with E-state index in [2.05, 4.69) is 36.7 Å². The monoisotopic (exact) mass is 1190 g/mol. The van der Waals surface area contributed by atoms with E-state index in [0.29, 0.717) is 216 Å². The van der Waals surface area contributed by atoms with Gasteiger partial charge in [0.25, 0.3) is 0 Å². The van der Waals surface area contributed by atoms with Gasteiger partial charge in [-0.2, -0.15) is 11.8 Å². The number of Topliss-reactive ketones (excluding diaryl/α,β-unsaturated/α-hetero) is 4. The molecule has 3 amide bonds. The summed E-state index contributed by atoms with van der Waals surface area (Å²) >= 11 is 1.86. The Hall–Kier alpha value is -3.16. The first kappa shape index (κ1) is 78.8. The number of nitrogens with one attached hydrogen (secondary N) is 3. The van der Waals surface area contributed by atoms with Crippen molar-refractivity contribution in [2.45, 2.75) is 103 Å². The lowest BCUT2D eigenvalue weighted by Gasteiger charge is -2.24. The molecule has 0 aromatic heterocycles. The molecule has 0 aromatic carbocycles. The van der Waals surface area contributed by atoms with E-state index in [1.54, 1.807) is 0 Å². The number of ether oxygens (including phenoxy) is 8. The van der Waals surface area contributed by atoms with Gasteiger partial charge in [-0.3, -0.25) is 33.6 Å². The van der Waals surface area contributed by atoms with E-state index in [-0.39, 0.29) is 110 Å². The first-order chi connectivity index (χ1) is 39.7. The van der Waals surface area contributed by atoms with Crippen molar-refractivity contribution in [2.24, 2.45) is 22.9 Å². The molecule has 26 heteroatoms. The molecule has 480 valence electrons. The highest BCUT2D eigenvalue weighted by Gasteiger charge is 2.17. The standard InChI is InChI=1S/C56H110N10O15S/c1-4-56(2,3)82-48-22-63-55(73)15-32-74-34-36-76-38-40-78-42-44-80-46-47-81-45-43-79-41-39-77-37-35-75-33-31-66(27-13-53(71)61-20-29-64(23-9-49(67)5-16-57)24-10-50(68)6-17-58)28-14-54(72)62-21-30-65(25-11-51(69)7-18-59)26-12-52(70)8-19-60/h4-48,57-60H2,1-3H3,(H,61,71)(H,62,72)(H,63,73). The van der Waals surface area contributed by atoms with E-state index in [0.717, 1.165) is 12.2 Å². The lowest BCUT2D eigenvalue weighted by atomic mass is 10.1. The van der Waals surface area contributed by atoms with Gasteiger partial charge in [-0.25, -0.2) is 0 Å². The number of hydrogen-bond acceptors (Lipinski definition) is 23. The predicted octanol–water partition coefficient (Wildman–Crippen LogP) is -0.302. The molecule has 0 aliphatic carbocycles. The second-order valence-corrected chi connectivity index (χ2v) is 21.8. The van der Waals surface area contributed by atoms with Crippen LogP contribution in [0.3, 0.4) is 0 Å². The average Bonchev–Trinajstić information content (AvgIpc) is 3.45. The van der Waals surface area contributed by atoms with Gasteiger partial charge in [0, 0.05) is 160 Å². The molecule has 0 aromatic rings. The Morgan fingerprint density at radius 2 is 0.610 bits per heavy atom. The lowest BCUT2D eigenvalue weighted by molar-refractivity contribution is -0.123. The predicted molar refractivity (Wildman–Crippen MR) is 319 cm³/mol. The second kappa shape index (κ2) is 56.9. The maximum atomic E-state index is 13.1. The highest BCUT2D eigenvalue weighted by atomic mass is 32.2. The number of carbonyl (C=O) groups is 7. The fourth-order valence-electron chi connectivity index (χ4n) is 7.39. The lowest BCUT2D eigenvalue weighted by Crippen LogP contribution is -2.40. The molecular weight excluding hydrogens is 1080 g/mol. The molecule has 0 bridgehead atoms. The van der Waals surface area contributed by atoms with Crippen molar-refractivity contribution in [3.05, 3.63) is 0 Å². The van der Waals surface area contributed by atoms with Crippen LogP contribution in [0.5, 0.6) is 0 Å². The Labute approximate surface area is 494 Å². The van der Waals surface area contributed by atoms with Crippen LogP contribution in [-0.4, -0.2) is 276 Å². The van der Waals surface area contributed by atoms with Crippen molar-refractivity contribution < 1.29 is 71.5 Å². The van der Waals surface area contributed by atoms with Crippen molar-refractivity contribution in [2.75, 3.05) is 216 Å². The fraction of sp³-hybridized carbons (Fsp3) is 0.875. The number of nitrogens with two attached hydrogens (primary N) is 4. The van der Waals surface area contributed by atoms with Gasteiger partial charge in [-0.05, 0) is 32.6 Å². The fourth-order valence-corrected chi connectivity index (χ4v) is 8.35. The van der Waals surface area contributed by atoms with Crippen LogP contribution < -0.4 is 38.9 Å². The zero-order valence-electron chi connectivity index (χ0n) is 50.5. The molecule has 0 radical (unpaired) electrons. The van der Waals surface area contributed by atoms with Crippen LogP contribution in [0.15, 0.2) is 0 Å². The quantitative estimate of drug-likeness (QED) is 0.0384. The Morgan fingerprint density at radius 1 is 0.341 bits per heavy atom. The Kier molecular flexibility index (Phi) is 54.7. The van der Waals surface area contributed by atoms with Crippen molar-refractivity contribution >= 4 is 52.6 Å². The summed E-state index contributed by atoms with van der Waals surface area (Å²) in [6.45, 7) is 19.4. The van der Waals surface area contributed by atoms with E-state index in [1.807, 2.05) is 26.5 Å². The van der Waals surface area contributed by atoms with Crippen LogP contribution in [0.25, 0.3) is 0 Å². The third kappa shape index (κ3) is 53.6. The number of carbonyl (C=O) groups excluding carboxylic acids is 7. The minimum absolute atomic E-state index is 0.00285. The molecule has 0 heterocycles. The van der Waals surface area contributed by atoms with Gasteiger partial charge in [-0.15, -0.1) is 0 Å². The molecular formula is C56H110N10O15S. The van der Waals surface area contributed by atoms with Gasteiger partial charge in [0.2, 0.25) is 17.7 Å². The summed E-state index contributed by atoms with van der Waals surface area (Å²) < 4.78 is 45.0. The van der Waals surface area contributed by atoms with Crippen LogP contribution >= 0.6 is 11.8 Å². The molecule has 0 saturated carbocycles. The highest BCUT2D eigenvalue weighted by Crippen LogP contribution is 2.26.